The van der Waals surface area contributed by atoms with E-state index in [1.807, 2.05) is 24.3 Å². The van der Waals surface area contributed by atoms with Crippen LogP contribution in [0.4, 0.5) is 0 Å². The van der Waals surface area contributed by atoms with Crippen LogP contribution < -0.4 is 9.47 Å². The summed E-state index contributed by atoms with van der Waals surface area (Å²) >= 11 is 0. The molecule has 2 aromatic carbocycles. The zero-order valence-corrected chi connectivity index (χ0v) is 15.2. The van der Waals surface area contributed by atoms with Gasteiger partial charge in [0.25, 0.3) is 0 Å². The summed E-state index contributed by atoms with van der Waals surface area (Å²) in [4.78, 5) is 0. The molecule has 0 radical (unpaired) electrons. The van der Waals surface area contributed by atoms with Crippen molar-refractivity contribution in [3.05, 3.63) is 66.2 Å². The van der Waals surface area contributed by atoms with Gasteiger partial charge in [0.2, 0.25) is 0 Å². The van der Waals surface area contributed by atoms with Gasteiger partial charge in [-0.1, -0.05) is 44.7 Å². The Morgan fingerprint density at radius 2 is 1.33 bits per heavy atom. The molecular weight excluding hydrogens is 296 g/mol. The van der Waals surface area contributed by atoms with Crippen molar-refractivity contribution in [1.29, 1.82) is 0 Å². The Morgan fingerprint density at radius 1 is 0.833 bits per heavy atom. The summed E-state index contributed by atoms with van der Waals surface area (Å²) in [6.07, 6.45) is 2.15. The molecule has 0 saturated heterocycles. The molecule has 0 unspecified atom stereocenters. The maximum Gasteiger partial charge on any atom is 0.118 e. The first-order chi connectivity index (χ1) is 11.6. The summed E-state index contributed by atoms with van der Waals surface area (Å²) in [6.45, 7) is 8.90. The third-order valence-corrected chi connectivity index (χ3v) is 4.82. The molecule has 2 rings (SSSR count). The van der Waals surface area contributed by atoms with Gasteiger partial charge in [0.1, 0.15) is 11.5 Å². The fourth-order valence-corrected chi connectivity index (χ4v) is 3.40. The number of allylic oxidation sites excluding steroid dienone is 1. The van der Waals surface area contributed by atoms with Crippen LogP contribution in [0.3, 0.4) is 0 Å². The first kappa shape index (κ1) is 18.1. The number of hydrogen-bond acceptors (Lipinski definition) is 2. The van der Waals surface area contributed by atoms with Crippen molar-refractivity contribution in [3.63, 3.8) is 0 Å². The number of methoxy groups -OCH3 is 2. The van der Waals surface area contributed by atoms with E-state index < -0.39 is 0 Å². The van der Waals surface area contributed by atoms with Crippen molar-refractivity contribution < 1.29 is 9.47 Å². The number of benzene rings is 2. The molecule has 2 heteroatoms. The van der Waals surface area contributed by atoms with E-state index in [4.69, 9.17) is 9.47 Å². The summed E-state index contributed by atoms with van der Waals surface area (Å²) in [7, 11) is 3.39. The van der Waals surface area contributed by atoms with Crippen molar-refractivity contribution in [2.75, 3.05) is 14.2 Å². The Labute approximate surface area is 146 Å². The molecule has 128 valence electrons. The monoisotopic (exact) mass is 324 g/mol. The topological polar surface area (TPSA) is 18.5 Å². The Morgan fingerprint density at radius 3 is 1.75 bits per heavy atom. The summed E-state index contributed by atoms with van der Waals surface area (Å²) in [5.74, 6) is 2.64. The van der Waals surface area contributed by atoms with Gasteiger partial charge in [-0.25, -0.2) is 0 Å². The highest BCUT2D eigenvalue weighted by molar-refractivity contribution is 5.66. The van der Waals surface area contributed by atoms with Gasteiger partial charge in [-0.05, 0) is 65.6 Å². The molecule has 2 atom stereocenters. The van der Waals surface area contributed by atoms with Crippen LogP contribution in [0.15, 0.2) is 55.1 Å². The molecule has 2 nitrogen and oxygen atoms in total. The minimum absolute atomic E-state index is 0.414. The Bertz CT molecular complexity index is 641. The molecule has 0 spiro atoms. The third-order valence-electron chi connectivity index (χ3n) is 4.82. The quantitative estimate of drug-likeness (QED) is 0.598. The predicted octanol–water partition coefficient (Wildman–Crippen LogP) is 5.94. The summed E-state index contributed by atoms with van der Waals surface area (Å²) in [6, 6.07) is 16.6. The van der Waals surface area contributed by atoms with E-state index in [1.54, 1.807) is 14.2 Å². The van der Waals surface area contributed by atoms with Crippen molar-refractivity contribution in [1.82, 2.24) is 0 Å². The standard InChI is InChI=1S/C22H28O2/c1-6-21(16(3)17-8-12-19(23-4)13-9-17)22(7-2)18-10-14-20(24-5)15-11-18/h8-15,21-22H,3,6-7H2,1-2,4-5H3/t21-,22+/m1/s1. The first-order valence-electron chi connectivity index (χ1n) is 8.61. The second-order valence-corrected chi connectivity index (χ2v) is 6.06. The van der Waals surface area contributed by atoms with Crippen LogP contribution in [-0.2, 0) is 0 Å². The van der Waals surface area contributed by atoms with E-state index >= 15 is 0 Å². The zero-order chi connectivity index (χ0) is 17.5. The highest BCUT2D eigenvalue weighted by Gasteiger charge is 2.23. The van der Waals surface area contributed by atoms with Gasteiger partial charge in [-0.2, -0.15) is 0 Å². The summed E-state index contributed by atoms with van der Waals surface area (Å²) in [5, 5.41) is 0. The van der Waals surface area contributed by atoms with Crippen LogP contribution in [0, 0.1) is 5.92 Å². The van der Waals surface area contributed by atoms with E-state index in [0.717, 1.165) is 24.3 Å². The average molecular weight is 324 g/mol. The van der Waals surface area contributed by atoms with Crippen molar-refractivity contribution in [2.24, 2.45) is 5.92 Å². The van der Waals surface area contributed by atoms with Gasteiger partial charge in [-0.15, -0.1) is 0 Å². The van der Waals surface area contributed by atoms with Crippen LogP contribution in [0.5, 0.6) is 11.5 Å². The summed E-state index contributed by atoms with van der Waals surface area (Å²) < 4.78 is 10.5. The van der Waals surface area contributed by atoms with Gasteiger partial charge < -0.3 is 9.47 Å². The Balaban J connectivity index is 2.26. The molecule has 0 aliphatic rings. The predicted molar refractivity (Wildman–Crippen MR) is 102 cm³/mol. The zero-order valence-electron chi connectivity index (χ0n) is 15.2. The number of ether oxygens (including phenoxy) is 2. The maximum atomic E-state index is 5.28. The molecule has 0 aliphatic heterocycles. The van der Waals surface area contributed by atoms with Gasteiger partial charge in [0.05, 0.1) is 14.2 Å². The third kappa shape index (κ3) is 4.00. The van der Waals surface area contributed by atoms with Crippen LogP contribution in [0.1, 0.15) is 43.7 Å². The minimum atomic E-state index is 0.414. The highest BCUT2D eigenvalue weighted by atomic mass is 16.5. The molecule has 0 aromatic heterocycles. The molecule has 2 aromatic rings. The SMILES string of the molecule is C=C(c1ccc(OC)cc1)[C@@H](CC)[C@@H](CC)c1ccc(OC)cc1. The van der Waals surface area contributed by atoms with Crippen molar-refractivity contribution >= 4 is 5.57 Å². The Kier molecular flexibility index (Phi) is 6.48. The van der Waals surface area contributed by atoms with Gasteiger partial charge in [-0.3, -0.25) is 0 Å². The lowest BCUT2D eigenvalue weighted by molar-refractivity contribution is 0.414. The first-order valence-corrected chi connectivity index (χ1v) is 8.61. The fourth-order valence-electron chi connectivity index (χ4n) is 3.40. The van der Waals surface area contributed by atoms with Crippen LogP contribution >= 0.6 is 0 Å². The highest BCUT2D eigenvalue weighted by Crippen LogP contribution is 2.39. The van der Waals surface area contributed by atoms with Crippen LogP contribution in [-0.4, -0.2) is 14.2 Å². The largest absolute Gasteiger partial charge is 0.497 e. The van der Waals surface area contributed by atoms with E-state index in [2.05, 4.69) is 44.7 Å². The van der Waals surface area contributed by atoms with Crippen molar-refractivity contribution in [3.8, 4) is 11.5 Å². The molecule has 0 amide bonds. The second kappa shape index (κ2) is 8.58. The van der Waals surface area contributed by atoms with Crippen LogP contribution in [0.2, 0.25) is 0 Å². The van der Waals surface area contributed by atoms with Gasteiger partial charge >= 0.3 is 0 Å². The Hall–Kier alpha value is -2.22. The normalized spacial score (nSPS) is 13.2. The molecule has 0 bridgehead atoms. The van der Waals surface area contributed by atoms with Gasteiger partial charge in [0.15, 0.2) is 0 Å². The van der Waals surface area contributed by atoms with E-state index in [0.29, 0.717) is 11.8 Å². The van der Waals surface area contributed by atoms with Gasteiger partial charge in [0, 0.05) is 0 Å². The van der Waals surface area contributed by atoms with E-state index in [-0.39, 0.29) is 0 Å². The fraction of sp³-hybridized carbons (Fsp3) is 0.364. The lowest BCUT2D eigenvalue weighted by Gasteiger charge is -2.28. The van der Waals surface area contributed by atoms with Crippen molar-refractivity contribution in [2.45, 2.75) is 32.6 Å². The lowest BCUT2D eigenvalue weighted by Crippen LogP contribution is -2.13. The molecule has 24 heavy (non-hydrogen) atoms. The maximum absolute atomic E-state index is 5.28. The molecule has 0 aliphatic carbocycles. The molecule has 0 saturated carbocycles. The summed E-state index contributed by atoms with van der Waals surface area (Å²) in [5.41, 5.74) is 3.73. The molecule has 0 fully saturated rings. The van der Waals surface area contributed by atoms with E-state index in [9.17, 15) is 0 Å². The number of rotatable bonds is 8. The average Bonchev–Trinajstić information content (AvgIpc) is 2.65. The molecule has 0 heterocycles. The second-order valence-electron chi connectivity index (χ2n) is 6.06. The number of hydrogen-bond donors (Lipinski definition) is 0. The smallest absolute Gasteiger partial charge is 0.118 e. The van der Waals surface area contributed by atoms with Crippen LogP contribution in [0.25, 0.3) is 5.57 Å². The molecule has 0 N–H and O–H groups in total. The lowest BCUT2D eigenvalue weighted by atomic mass is 9.76. The van der Waals surface area contributed by atoms with E-state index in [1.165, 1.54) is 16.7 Å². The minimum Gasteiger partial charge on any atom is -0.497 e. The molecular formula is C22H28O2.